The molecule has 2 saturated heterocycles. The first kappa shape index (κ1) is 12.8. The molecule has 0 radical (unpaired) electrons. The highest BCUT2D eigenvalue weighted by Gasteiger charge is 2.25. The third-order valence-electron chi connectivity index (χ3n) is 3.98. The number of nitrogens with one attached hydrogen (secondary N) is 1. The first-order valence-electron chi connectivity index (χ1n) is 6.81. The van der Waals surface area contributed by atoms with Gasteiger partial charge in [0.2, 0.25) is 5.91 Å². The summed E-state index contributed by atoms with van der Waals surface area (Å²) in [6.07, 6.45) is 4.19. The van der Waals surface area contributed by atoms with Gasteiger partial charge in [-0.2, -0.15) is 0 Å². The number of amides is 1. The molecule has 2 fully saturated rings. The molecule has 2 rings (SSSR count). The van der Waals surface area contributed by atoms with E-state index in [1.165, 1.54) is 6.42 Å². The van der Waals surface area contributed by atoms with Crippen molar-refractivity contribution in [2.75, 3.05) is 39.9 Å². The predicted molar refractivity (Wildman–Crippen MR) is 66.8 cm³/mol. The van der Waals surface area contributed by atoms with E-state index in [1.807, 2.05) is 11.9 Å². The number of rotatable bonds is 4. The number of hydrogen-bond donors (Lipinski definition) is 1. The van der Waals surface area contributed by atoms with Crippen molar-refractivity contribution in [1.82, 2.24) is 10.2 Å². The fraction of sp³-hybridized carbons (Fsp3) is 0.923. The Morgan fingerprint density at radius 1 is 1.35 bits per heavy atom. The van der Waals surface area contributed by atoms with E-state index in [9.17, 15) is 4.79 Å². The average molecular weight is 240 g/mol. The lowest BCUT2D eigenvalue weighted by molar-refractivity contribution is -0.137. The summed E-state index contributed by atoms with van der Waals surface area (Å²) in [5.41, 5.74) is 0. The van der Waals surface area contributed by atoms with Crippen molar-refractivity contribution in [3.8, 4) is 0 Å². The molecule has 98 valence electrons. The van der Waals surface area contributed by atoms with Crippen LogP contribution in [0.1, 0.15) is 25.7 Å². The molecule has 0 saturated carbocycles. The molecular weight excluding hydrogens is 216 g/mol. The number of ether oxygens (including phenoxy) is 1. The second-order valence-corrected chi connectivity index (χ2v) is 5.29. The molecule has 1 amide bonds. The quantitative estimate of drug-likeness (QED) is 0.793. The van der Waals surface area contributed by atoms with E-state index < -0.39 is 0 Å². The molecule has 0 aromatic carbocycles. The van der Waals surface area contributed by atoms with Gasteiger partial charge in [0.15, 0.2) is 0 Å². The highest BCUT2D eigenvalue weighted by atomic mass is 16.5. The van der Waals surface area contributed by atoms with Crippen molar-refractivity contribution in [3.05, 3.63) is 0 Å². The van der Waals surface area contributed by atoms with Crippen molar-refractivity contribution in [3.63, 3.8) is 0 Å². The van der Waals surface area contributed by atoms with Crippen molar-refractivity contribution in [2.45, 2.75) is 25.7 Å². The minimum atomic E-state index is 0.204. The van der Waals surface area contributed by atoms with Gasteiger partial charge in [-0.1, -0.05) is 0 Å². The lowest BCUT2D eigenvalue weighted by Crippen LogP contribution is -2.37. The molecule has 0 aromatic rings. The van der Waals surface area contributed by atoms with Gasteiger partial charge in [-0.15, -0.1) is 0 Å². The Labute approximate surface area is 104 Å². The topological polar surface area (TPSA) is 41.6 Å². The fourth-order valence-corrected chi connectivity index (χ4v) is 2.70. The molecule has 0 aliphatic carbocycles. The zero-order valence-electron chi connectivity index (χ0n) is 10.8. The number of carbonyl (C=O) groups excluding carboxylic acids is 1. The second-order valence-electron chi connectivity index (χ2n) is 5.29. The zero-order valence-corrected chi connectivity index (χ0v) is 10.8. The van der Waals surface area contributed by atoms with Crippen LogP contribution in [-0.2, 0) is 9.53 Å². The Kier molecular flexibility index (Phi) is 4.80. The third kappa shape index (κ3) is 3.68. The van der Waals surface area contributed by atoms with Crippen LogP contribution in [0.4, 0.5) is 0 Å². The molecular formula is C13H24N2O2. The standard InChI is InChI=1S/C13H24N2O2/c1-15(7-3-11-2-6-14-10-11)13(16)12-4-8-17-9-5-12/h11-12,14H,2-10H2,1H3. The summed E-state index contributed by atoms with van der Waals surface area (Å²) in [7, 11) is 1.94. The van der Waals surface area contributed by atoms with Gasteiger partial charge in [0.05, 0.1) is 0 Å². The maximum absolute atomic E-state index is 12.2. The van der Waals surface area contributed by atoms with E-state index in [0.717, 1.165) is 58.0 Å². The van der Waals surface area contributed by atoms with Gasteiger partial charge in [-0.25, -0.2) is 0 Å². The smallest absolute Gasteiger partial charge is 0.225 e. The summed E-state index contributed by atoms with van der Waals surface area (Å²) in [6, 6.07) is 0. The van der Waals surface area contributed by atoms with Crippen LogP contribution >= 0.6 is 0 Å². The molecule has 2 aliphatic heterocycles. The monoisotopic (exact) mass is 240 g/mol. The van der Waals surface area contributed by atoms with Crippen LogP contribution < -0.4 is 5.32 Å². The van der Waals surface area contributed by atoms with Crippen molar-refractivity contribution in [1.29, 1.82) is 0 Å². The molecule has 0 spiro atoms. The molecule has 2 heterocycles. The van der Waals surface area contributed by atoms with Crippen molar-refractivity contribution in [2.24, 2.45) is 11.8 Å². The first-order valence-corrected chi connectivity index (χ1v) is 6.81. The van der Waals surface area contributed by atoms with Gasteiger partial charge in [-0.3, -0.25) is 4.79 Å². The Bertz CT molecular complexity index is 246. The minimum absolute atomic E-state index is 0.204. The Balaban J connectivity index is 1.70. The van der Waals surface area contributed by atoms with E-state index >= 15 is 0 Å². The summed E-state index contributed by atoms with van der Waals surface area (Å²) in [5, 5.41) is 3.37. The van der Waals surface area contributed by atoms with Gasteiger partial charge < -0.3 is 15.0 Å². The molecule has 1 N–H and O–H groups in total. The molecule has 17 heavy (non-hydrogen) atoms. The summed E-state index contributed by atoms with van der Waals surface area (Å²) in [6.45, 7) is 4.66. The van der Waals surface area contributed by atoms with Crippen LogP contribution in [0.3, 0.4) is 0 Å². The molecule has 0 aromatic heterocycles. The van der Waals surface area contributed by atoms with Gasteiger partial charge in [0, 0.05) is 32.7 Å². The summed E-state index contributed by atoms with van der Waals surface area (Å²) >= 11 is 0. The van der Waals surface area contributed by atoms with Crippen molar-refractivity contribution < 1.29 is 9.53 Å². The largest absolute Gasteiger partial charge is 0.381 e. The lowest BCUT2D eigenvalue weighted by atomic mass is 9.98. The molecule has 0 bridgehead atoms. The van der Waals surface area contributed by atoms with Gasteiger partial charge in [0.25, 0.3) is 0 Å². The van der Waals surface area contributed by atoms with Crippen LogP contribution in [0.15, 0.2) is 0 Å². The molecule has 1 atom stereocenters. The Hall–Kier alpha value is -0.610. The van der Waals surface area contributed by atoms with E-state index in [4.69, 9.17) is 4.74 Å². The Morgan fingerprint density at radius 3 is 2.76 bits per heavy atom. The van der Waals surface area contributed by atoms with Crippen LogP contribution in [-0.4, -0.2) is 50.7 Å². The number of nitrogens with zero attached hydrogens (tertiary/aromatic N) is 1. The van der Waals surface area contributed by atoms with E-state index in [0.29, 0.717) is 5.91 Å². The normalized spacial score (nSPS) is 26.1. The summed E-state index contributed by atoms with van der Waals surface area (Å²) in [4.78, 5) is 14.1. The zero-order chi connectivity index (χ0) is 12.1. The van der Waals surface area contributed by atoms with Gasteiger partial charge in [0.1, 0.15) is 0 Å². The lowest BCUT2D eigenvalue weighted by Gasteiger charge is -2.27. The van der Waals surface area contributed by atoms with Gasteiger partial charge >= 0.3 is 0 Å². The molecule has 1 unspecified atom stereocenters. The summed E-state index contributed by atoms with van der Waals surface area (Å²) < 4.78 is 5.29. The highest BCUT2D eigenvalue weighted by Crippen LogP contribution is 2.18. The Morgan fingerprint density at radius 2 is 2.12 bits per heavy atom. The average Bonchev–Trinajstić information content (AvgIpc) is 2.89. The maximum atomic E-state index is 12.2. The van der Waals surface area contributed by atoms with E-state index in [2.05, 4.69) is 5.32 Å². The SMILES string of the molecule is CN(CCC1CCNC1)C(=O)C1CCOCC1. The van der Waals surface area contributed by atoms with Crippen LogP contribution in [0, 0.1) is 11.8 Å². The fourth-order valence-electron chi connectivity index (χ4n) is 2.70. The third-order valence-corrected chi connectivity index (χ3v) is 3.98. The van der Waals surface area contributed by atoms with Crippen LogP contribution in [0.25, 0.3) is 0 Å². The predicted octanol–water partition coefficient (Wildman–Crippen LogP) is 0.871. The minimum Gasteiger partial charge on any atom is -0.381 e. The van der Waals surface area contributed by atoms with Crippen LogP contribution in [0.5, 0.6) is 0 Å². The summed E-state index contributed by atoms with van der Waals surface area (Å²) in [5.74, 6) is 1.29. The van der Waals surface area contributed by atoms with E-state index in [-0.39, 0.29) is 5.92 Å². The van der Waals surface area contributed by atoms with Crippen LogP contribution in [0.2, 0.25) is 0 Å². The van der Waals surface area contributed by atoms with Crippen molar-refractivity contribution >= 4 is 5.91 Å². The molecule has 2 aliphatic rings. The molecule has 4 heteroatoms. The van der Waals surface area contributed by atoms with Gasteiger partial charge in [-0.05, 0) is 44.7 Å². The first-order chi connectivity index (χ1) is 8.27. The molecule has 4 nitrogen and oxygen atoms in total. The maximum Gasteiger partial charge on any atom is 0.225 e. The number of carbonyl (C=O) groups is 1. The second kappa shape index (κ2) is 6.36. The highest BCUT2D eigenvalue weighted by molar-refractivity contribution is 5.78. The van der Waals surface area contributed by atoms with E-state index in [1.54, 1.807) is 0 Å². The number of hydrogen-bond acceptors (Lipinski definition) is 3.